The minimum Gasteiger partial charge on any atom is -0.309 e. The van der Waals surface area contributed by atoms with Crippen LogP contribution in [0.25, 0.3) is 39.3 Å². The average Bonchev–Trinajstić information content (AvgIpc) is 3.40. The number of hydrogen-bond donors (Lipinski definition) is 0. The third-order valence-corrected chi connectivity index (χ3v) is 10.1. The highest BCUT2D eigenvalue weighted by molar-refractivity contribution is 7.85. The summed E-state index contributed by atoms with van der Waals surface area (Å²) in [5, 5.41) is 2.41. The molecule has 186 valence electrons. The molecule has 5 heteroatoms. The molecule has 0 aliphatic carbocycles. The van der Waals surface area contributed by atoms with E-state index in [1.807, 2.05) is 109 Å². The Balaban J connectivity index is 1.50. The van der Waals surface area contributed by atoms with Gasteiger partial charge in [-0.1, -0.05) is 121 Å². The molecule has 0 unspecified atom stereocenters. The lowest BCUT2D eigenvalue weighted by atomic mass is 10.1. The van der Waals surface area contributed by atoms with Gasteiger partial charge in [-0.2, -0.15) is 0 Å². The van der Waals surface area contributed by atoms with E-state index in [9.17, 15) is 0 Å². The zero-order chi connectivity index (χ0) is 26.2. The van der Waals surface area contributed by atoms with Gasteiger partial charge in [-0.25, -0.2) is 9.97 Å². The lowest BCUT2D eigenvalue weighted by Crippen LogP contribution is -2.25. The van der Waals surface area contributed by atoms with Crippen LogP contribution in [0.15, 0.2) is 146 Å². The molecule has 0 amide bonds. The largest absolute Gasteiger partial charge is 0.309 e. The Labute approximate surface area is 226 Å². The lowest BCUT2D eigenvalue weighted by Gasteiger charge is -2.21. The molecule has 0 N–H and O–H groups in total. The molecule has 0 spiro atoms. The van der Waals surface area contributed by atoms with E-state index in [-0.39, 0.29) is 0 Å². The molecule has 2 heterocycles. The highest BCUT2D eigenvalue weighted by Gasteiger charge is 2.30. The molecule has 0 saturated heterocycles. The normalized spacial score (nSPS) is 11.7. The van der Waals surface area contributed by atoms with Gasteiger partial charge in [0.1, 0.15) is 0 Å². The van der Waals surface area contributed by atoms with E-state index in [4.69, 9.17) is 9.97 Å². The Morgan fingerprint density at radius 3 is 1.77 bits per heavy atom. The van der Waals surface area contributed by atoms with E-state index in [0.29, 0.717) is 5.78 Å². The van der Waals surface area contributed by atoms with Crippen LogP contribution in [0.3, 0.4) is 0 Å². The van der Waals surface area contributed by atoms with Crippen molar-refractivity contribution in [2.45, 2.75) is 0 Å². The van der Waals surface area contributed by atoms with Gasteiger partial charge < -0.3 is 4.57 Å². The fourth-order valence-electron chi connectivity index (χ4n) is 5.21. The second-order valence-electron chi connectivity index (χ2n) is 9.46. The minimum atomic E-state index is -3.13. The first kappa shape index (κ1) is 23.3. The van der Waals surface area contributed by atoms with Crippen LogP contribution in [-0.4, -0.2) is 14.4 Å². The monoisotopic (exact) mass is 521 g/mol. The van der Waals surface area contributed by atoms with E-state index < -0.39 is 7.14 Å². The van der Waals surface area contributed by atoms with E-state index in [1.54, 1.807) is 0 Å². The number of hydrogen-bond acceptors (Lipinski definition) is 3. The zero-order valence-electron chi connectivity index (χ0n) is 21.1. The first-order valence-corrected chi connectivity index (χ1v) is 14.6. The molecular weight excluding hydrogens is 497 g/mol. The minimum absolute atomic E-state index is 0.632. The Kier molecular flexibility index (Phi) is 5.69. The molecule has 0 bridgehead atoms. The maximum atomic E-state index is 15.1. The molecule has 7 aromatic rings. The summed E-state index contributed by atoms with van der Waals surface area (Å²) in [7, 11) is -3.13. The Bertz CT molecular complexity index is 1940. The summed E-state index contributed by atoms with van der Waals surface area (Å²) in [5.74, 6) is 0.632. The van der Waals surface area contributed by atoms with Crippen LogP contribution in [0.1, 0.15) is 0 Å². The fraction of sp³-hybridized carbons (Fsp3) is 0. The van der Waals surface area contributed by atoms with Crippen molar-refractivity contribution in [1.29, 1.82) is 0 Å². The van der Waals surface area contributed by atoms with E-state index in [2.05, 4.69) is 40.8 Å². The van der Waals surface area contributed by atoms with Crippen molar-refractivity contribution in [2.24, 2.45) is 0 Å². The van der Waals surface area contributed by atoms with Crippen LogP contribution in [0.5, 0.6) is 0 Å². The first-order chi connectivity index (χ1) is 19.2. The summed E-state index contributed by atoms with van der Waals surface area (Å²) in [4.78, 5) is 9.78. The number of para-hydroxylation sites is 2. The maximum absolute atomic E-state index is 15.1. The van der Waals surface area contributed by atoms with E-state index in [1.165, 1.54) is 0 Å². The summed E-state index contributed by atoms with van der Waals surface area (Å²) >= 11 is 0. The third-order valence-electron chi connectivity index (χ3n) is 7.09. The van der Waals surface area contributed by atoms with E-state index in [0.717, 1.165) is 49.5 Å². The number of nitrogens with zero attached hydrogens (tertiary/aromatic N) is 3. The molecule has 0 aliphatic rings. The lowest BCUT2D eigenvalue weighted by molar-refractivity contribution is 0.592. The van der Waals surface area contributed by atoms with Crippen LogP contribution in [-0.2, 0) is 4.57 Å². The predicted octanol–water partition coefficient (Wildman–Crippen LogP) is 6.86. The van der Waals surface area contributed by atoms with Crippen molar-refractivity contribution >= 4 is 39.9 Å². The number of aromatic nitrogens is 3. The summed E-state index contributed by atoms with van der Waals surface area (Å²) in [6.45, 7) is 0. The molecule has 2 aromatic heterocycles. The van der Waals surface area contributed by atoms with Crippen molar-refractivity contribution in [3.63, 3.8) is 0 Å². The highest BCUT2D eigenvalue weighted by Crippen LogP contribution is 2.43. The van der Waals surface area contributed by atoms with Crippen LogP contribution in [0, 0.1) is 0 Å². The van der Waals surface area contributed by atoms with Gasteiger partial charge in [0.2, 0.25) is 5.78 Å². The van der Waals surface area contributed by atoms with Gasteiger partial charge in [0.05, 0.1) is 22.4 Å². The van der Waals surface area contributed by atoms with Crippen LogP contribution in [0.4, 0.5) is 0 Å². The number of benzene rings is 5. The van der Waals surface area contributed by atoms with Crippen LogP contribution in [0.2, 0.25) is 0 Å². The molecule has 0 fully saturated rings. The van der Waals surface area contributed by atoms with Crippen molar-refractivity contribution < 1.29 is 4.57 Å². The van der Waals surface area contributed by atoms with E-state index >= 15 is 4.57 Å². The molecule has 39 heavy (non-hydrogen) atoms. The Morgan fingerprint density at radius 2 is 1.08 bits per heavy atom. The van der Waals surface area contributed by atoms with Gasteiger partial charge in [0.25, 0.3) is 0 Å². The fourth-order valence-corrected chi connectivity index (χ4v) is 7.91. The Hall–Kier alpha value is -4.79. The number of fused-ring (bicyclic) bond motifs is 3. The molecule has 0 radical (unpaired) electrons. The topological polar surface area (TPSA) is 47.3 Å². The standard InChI is InChI=1S/C34H24N3OP/c38-39(27-16-6-2-7-17-27,28-18-8-3-9-19-28)29-20-12-15-26(23-29)33-24-31(25-13-4-1-5-14-25)36-34-35-30-21-10-11-22-32(30)37(33)34/h1-24H. The van der Waals surface area contributed by atoms with Gasteiger partial charge in [-0.3, -0.25) is 4.40 Å². The Morgan fingerprint density at radius 1 is 0.513 bits per heavy atom. The SMILES string of the molecule is O=P(c1ccccc1)(c1ccccc1)c1cccc(-c2cc(-c3ccccc3)nc3nc4ccccc4n23)c1. The summed E-state index contributed by atoms with van der Waals surface area (Å²) in [6.07, 6.45) is 0. The zero-order valence-corrected chi connectivity index (χ0v) is 21.9. The quantitative estimate of drug-likeness (QED) is 0.233. The average molecular weight is 522 g/mol. The van der Waals surface area contributed by atoms with Crippen molar-refractivity contribution in [3.05, 3.63) is 146 Å². The number of rotatable bonds is 5. The second-order valence-corrected chi connectivity index (χ2v) is 12.2. The molecule has 7 rings (SSSR count). The summed E-state index contributed by atoms with van der Waals surface area (Å²) in [5.41, 5.74) is 5.62. The molecule has 0 saturated carbocycles. The third kappa shape index (κ3) is 3.98. The summed E-state index contributed by atoms with van der Waals surface area (Å²) in [6, 6.07) is 48.0. The van der Waals surface area contributed by atoms with Gasteiger partial charge in [0, 0.05) is 21.5 Å². The first-order valence-electron chi connectivity index (χ1n) is 12.9. The number of imidazole rings is 1. The van der Waals surface area contributed by atoms with Crippen molar-refractivity contribution in [1.82, 2.24) is 14.4 Å². The molecule has 4 nitrogen and oxygen atoms in total. The van der Waals surface area contributed by atoms with Crippen molar-refractivity contribution in [3.8, 4) is 22.5 Å². The van der Waals surface area contributed by atoms with Crippen LogP contribution < -0.4 is 15.9 Å². The predicted molar refractivity (Wildman–Crippen MR) is 161 cm³/mol. The van der Waals surface area contributed by atoms with Gasteiger partial charge >= 0.3 is 0 Å². The van der Waals surface area contributed by atoms with Gasteiger partial charge in [0.15, 0.2) is 7.14 Å². The second kappa shape index (κ2) is 9.50. The maximum Gasteiger partial charge on any atom is 0.235 e. The van der Waals surface area contributed by atoms with Gasteiger partial charge in [-0.05, 0) is 29.8 Å². The highest BCUT2D eigenvalue weighted by atomic mass is 31.2. The molecule has 0 atom stereocenters. The molecule has 5 aromatic carbocycles. The molecular formula is C34H24N3OP. The summed E-state index contributed by atoms with van der Waals surface area (Å²) < 4.78 is 17.2. The van der Waals surface area contributed by atoms with Crippen molar-refractivity contribution in [2.75, 3.05) is 0 Å². The van der Waals surface area contributed by atoms with Crippen LogP contribution >= 0.6 is 7.14 Å². The smallest absolute Gasteiger partial charge is 0.235 e. The molecule has 0 aliphatic heterocycles. The van der Waals surface area contributed by atoms with Gasteiger partial charge in [-0.15, -0.1) is 0 Å².